The Kier molecular flexibility index (Phi) is 20.0. The van der Waals surface area contributed by atoms with E-state index in [2.05, 4.69) is 9.47 Å². The van der Waals surface area contributed by atoms with Crippen LogP contribution < -0.4 is 0 Å². The summed E-state index contributed by atoms with van der Waals surface area (Å²) in [6.45, 7) is -4.42. The molecule has 2 atom stereocenters. The van der Waals surface area contributed by atoms with Gasteiger partial charge in [-0.2, -0.15) is 176 Å². The number of hydrogen-bond acceptors (Lipinski definition) is 2. The average molecular weight is 1280 g/mol. The Balaban J connectivity index is 6.24. The van der Waals surface area contributed by atoms with Crippen LogP contribution in [0.1, 0.15) is 25.7 Å². The Morgan fingerprint density at radius 2 is 0.308 bits per heavy atom. The fourth-order valence-electron chi connectivity index (χ4n) is 4.90. The van der Waals surface area contributed by atoms with Crippen molar-refractivity contribution in [2.75, 3.05) is 13.2 Å². The van der Waals surface area contributed by atoms with E-state index in [1.165, 1.54) is 0 Å². The quantitative estimate of drug-likeness (QED) is 0.0509. The zero-order chi connectivity index (χ0) is 64.0. The summed E-state index contributed by atoms with van der Waals surface area (Å²) in [4.78, 5) is 0. The van der Waals surface area contributed by atoms with Crippen LogP contribution in [0.3, 0.4) is 0 Å². The molecule has 0 heterocycles. The molecule has 48 heteroatoms. The molecule has 0 bridgehead atoms. The van der Waals surface area contributed by atoms with Crippen molar-refractivity contribution in [3.05, 3.63) is 0 Å². The molecule has 0 aliphatic rings. The number of unbranched alkanes of at least 4 members (excludes halogenated alkanes) is 3. The molecule has 0 aromatic rings. The molecule has 2 nitrogen and oxygen atoms in total. The van der Waals surface area contributed by atoms with Crippen molar-refractivity contribution in [1.82, 2.24) is 0 Å². The van der Waals surface area contributed by atoms with Crippen LogP contribution in [0.25, 0.3) is 0 Å². The highest BCUT2D eigenvalue weighted by Crippen LogP contribution is 2.69. The summed E-state index contributed by atoms with van der Waals surface area (Å²) >= 11 is 0. The van der Waals surface area contributed by atoms with E-state index in [4.69, 9.17) is 0 Å². The van der Waals surface area contributed by atoms with Crippen LogP contribution in [0.2, 0.25) is 0 Å². The molecule has 0 aliphatic carbocycles. The summed E-state index contributed by atoms with van der Waals surface area (Å²) in [6, 6.07) is 0. The molecule has 0 spiro atoms. The molecule has 470 valence electrons. The topological polar surface area (TPSA) is 18.5 Å². The molecule has 0 fully saturated rings. The predicted molar refractivity (Wildman–Crippen MR) is 151 cm³/mol. The normalized spacial score (nSPS) is 17.4. The predicted octanol–water partition coefficient (Wildman–Crippen LogP) is 16.4. The number of rotatable bonds is 31. The molecular formula is C30H16F46O2. The van der Waals surface area contributed by atoms with Gasteiger partial charge in [-0.05, 0) is 12.8 Å². The standard InChI is InChI=1S/C30H16F46O2/c31-7(32)11(37,38)15(45,46)19(53,54)23(61,62)27(69,70)29(73,74)25(65,66)21(57,58)17(49,50)13(41,42)9(35)77-5-3-1-2-4-6-78-10(36)14(43,44)18(51,52)22(59,60)26(67,68)30(75,76)28(71,72)24(63,64)20(55,56)16(47,48)12(39,40)8(33)34/h7-10H,1-6H2. The third-order valence-corrected chi connectivity index (χ3v) is 9.88. The lowest BCUT2D eigenvalue weighted by molar-refractivity contribution is -0.474. The molecule has 78 heavy (non-hydrogen) atoms. The van der Waals surface area contributed by atoms with Gasteiger partial charge in [-0.3, -0.25) is 0 Å². The first-order valence-corrected chi connectivity index (χ1v) is 18.1. The maximum Gasteiger partial charge on any atom is 0.385 e. The van der Waals surface area contributed by atoms with E-state index in [-0.39, 0.29) is 0 Å². The lowest BCUT2D eigenvalue weighted by Gasteiger charge is -2.45. The lowest BCUT2D eigenvalue weighted by atomic mass is 9.85. The Morgan fingerprint density at radius 3 is 0.449 bits per heavy atom. The van der Waals surface area contributed by atoms with Crippen molar-refractivity contribution in [2.24, 2.45) is 0 Å². The summed E-state index contributed by atoms with van der Waals surface area (Å²) in [6.07, 6.45) is -29.9. The highest BCUT2D eigenvalue weighted by molar-refractivity contribution is 5.21. The molecule has 2 unspecified atom stereocenters. The van der Waals surface area contributed by atoms with E-state index in [1.807, 2.05) is 0 Å². The second-order valence-corrected chi connectivity index (χ2v) is 15.1. The SMILES string of the molecule is FC(F)C(F)(F)C(F)(F)C(F)(F)C(F)(F)C(F)(F)C(F)(F)C(F)(F)C(F)(F)C(F)(F)C(F)(F)C(F)OCCCCCCOC(F)C(F)(F)C(F)(F)C(F)(F)C(F)(F)C(F)(F)C(F)(F)C(F)(F)C(F)(F)C(F)(F)C(F)(F)C(F)F. The molecule has 0 N–H and O–H groups in total. The second-order valence-electron chi connectivity index (χ2n) is 15.1. The van der Waals surface area contributed by atoms with E-state index in [1.54, 1.807) is 0 Å². The Morgan fingerprint density at radius 1 is 0.179 bits per heavy atom. The van der Waals surface area contributed by atoms with Crippen molar-refractivity contribution < 1.29 is 211 Å². The molecule has 0 aromatic carbocycles. The van der Waals surface area contributed by atoms with Crippen molar-refractivity contribution in [1.29, 1.82) is 0 Å². The maximum absolute atomic E-state index is 14.0. The molecule has 0 rings (SSSR count). The Hall–Kier alpha value is -3.30. The maximum atomic E-state index is 14.0. The Bertz CT molecular complexity index is 1860. The smallest absolute Gasteiger partial charge is 0.343 e. The van der Waals surface area contributed by atoms with Crippen LogP contribution in [0.4, 0.5) is 202 Å². The van der Waals surface area contributed by atoms with E-state index < -0.39 is 183 Å². The first-order valence-electron chi connectivity index (χ1n) is 18.1. The lowest BCUT2D eigenvalue weighted by Crippen LogP contribution is -2.77. The fourth-order valence-corrected chi connectivity index (χ4v) is 4.90. The van der Waals surface area contributed by atoms with E-state index >= 15 is 0 Å². The van der Waals surface area contributed by atoms with Crippen LogP contribution in [0, 0.1) is 0 Å². The first kappa shape index (κ1) is 74.7. The van der Waals surface area contributed by atoms with Crippen molar-refractivity contribution in [2.45, 2.75) is 170 Å². The van der Waals surface area contributed by atoms with Gasteiger partial charge in [-0.15, -0.1) is 0 Å². The number of alkyl halides is 46. The highest BCUT2D eigenvalue weighted by atomic mass is 19.4. The van der Waals surface area contributed by atoms with Gasteiger partial charge in [0.25, 0.3) is 12.7 Å². The summed E-state index contributed by atoms with van der Waals surface area (Å²) in [5.41, 5.74) is 0. The van der Waals surface area contributed by atoms with Crippen LogP contribution in [-0.2, 0) is 9.47 Å². The zero-order valence-corrected chi connectivity index (χ0v) is 34.8. The first-order chi connectivity index (χ1) is 33.4. The third kappa shape index (κ3) is 9.96. The minimum absolute atomic E-state index is 1.23. The van der Waals surface area contributed by atoms with Crippen molar-refractivity contribution in [3.63, 3.8) is 0 Å². The number of hydrogen-bond donors (Lipinski definition) is 0. The summed E-state index contributed by atoms with van der Waals surface area (Å²) in [5, 5.41) is 0. The second kappa shape index (κ2) is 20.8. The van der Waals surface area contributed by atoms with Gasteiger partial charge in [0.05, 0.1) is 13.2 Å². The number of ether oxygens (including phenoxy) is 2. The van der Waals surface area contributed by atoms with Gasteiger partial charge >= 0.3 is 131 Å². The molecule has 0 aromatic heterocycles. The largest absolute Gasteiger partial charge is 0.385 e. The summed E-state index contributed by atoms with van der Waals surface area (Å²) in [5.74, 6) is -182. The van der Waals surface area contributed by atoms with Crippen LogP contribution in [0.5, 0.6) is 0 Å². The molecule has 0 amide bonds. The third-order valence-electron chi connectivity index (χ3n) is 9.88. The van der Waals surface area contributed by atoms with E-state index in [0.29, 0.717) is 0 Å². The summed E-state index contributed by atoms with van der Waals surface area (Å²) in [7, 11) is 0. The van der Waals surface area contributed by atoms with E-state index in [9.17, 15) is 202 Å². The van der Waals surface area contributed by atoms with Gasteiger partial charge in [0.15, 0.2) is 0 Å². The Labute approximate surface area is 395 Å². The van der Waals surface area contributed by atoms with Gasteiger partial charge in [-0.1, -0.05) is 12.8 Å². The van der Waals surface area contributed by atoms with Gasteiger partial charge < -0.3 is 9.47 Å². The van der Waals surface area contributed by atoms with Crippen LogP contribution >= 0.6 is 0 Å². The molecule has 0 aliphatic heterocycles. The molecule has 0 radical (unpaired) electrons. The minimum atomic E-state index is -9.70. The zero-order valence-electron chi connectivity index (χ0n) is 34.8. The molecule has 0 saturated carbocycles. The van der Waals surface area contributed by atoms with Gasteiger partial charge in [0.1, 0.15) is 0 Å². The van der Waals surface area contributed by atoms with Gasteiger partial charge in [-0.25, -0.2) is 26.3 Å². The van der Waals surface area contributed by atoms with Crippen LogP contribution in [-0.4, -0.2) is 157 Å². The monoisotopic (exact) mass is 1280 g/mol. The summed E-state index contributed by atoms with van der Waals surface area (Å²) < 4.78 is 631. The highest BCUT2D eigenvalue weighted by Gasteiger charge is 3.00. The molecule has 0 saturated heterocycles. The minimum Gasteiger partial charge on any atom is -0.343 e. The van der Waals surface area contributed by atoms with Crippen molar-refractivity contribution >= 4 is 0 Å². The van der Waals surface area contributed by atoms with Gasteiger partial charge in [0, 0.05) is 0 Å². The van der Waals surface area contributed by atoms with Crippen molar-refractivity contribution in [3.8, 4) is 0 Å². The average Bonchev–Trinajstić information content (AvgIpc) is 3.25. The fraction of sp³-hybridized carbons (Fsp3) is 1.00. The van der Waals surface area contributed by atoms with Crippen LogP contribution in [0.15, 0.2) is 0 Å². The number of halogens is 46. The van der Waals surface area contributed by atoms with E-state index in [0.717, 1.165) is 0 Å². The van der Waals surface area contributed by atoms with Gasteiger partial charge in [0.2, 0.25) is 0 Å². The molecular weight excluding hydrogens is 1270 g/mol.